The molecule has 0 bridgehead atoms. The lowest BCUT2D eigenvalue weighted by Crippen LogP contribution is -2.39. The third-order valence-electron chi connectivity index (χ3n) is 2.37. The topological polar surface area (TPSA) is 107 Å². The summed E-state index contributed by atoms with van der Waals surface area (Å²) < 4.78 is 0. The smallest absolute Gasteiger partial charge is 0.314 e. The number of aromatic nitrogens is 2. The van der Waals surface area contributed by atoms with Gasteiger partial charge in [-0.1, -0.05) is 6.92 Å². The first-order chi connectivity index (χ1) is 8.58. The van der Waals surface area contributed by atoms with E-state index in [1.54, 1.807) is 19.4 Å². The van der Waals surface area contributed by atoms with E-state index in [0.29, 0.717) is 19.5 Å². The predicted octanol–water partition coefficient (Wildman–Crippen LogP) is 0.362. The quantitative estimate of drug-likeness (QED) is 0.563. The van der Waals surface area contributed by atoms with Crippen LogP contribution >= 0.6 is 0 Å². The Hall–Kier alpha value is -2.05. The number of carboxylic acid groups (broad SMARTS) is 1. The van der Waals surface area contributed by atoms with Crippen molar-refractivity contribution in [2.45, 2.75) is 19.8 Å². The summed E-state index contributed by atoms with van der Waals surface area (Å²) in [6.45, 7) is 2.63. The molecule has 0 aliphatic carbocycles. The van der Waals surface area contributed by atoms with E-state index in [0.717, 1.165) is 5.69 Å². The fourth-order valence-corrected chi connectivity index (χ4v) is 1.43. The molecule has 4 N–H and O–H groups in total. The summed E-state index contributed by atoms with van der Waals surface area (Å²) in [6, 6.07) is -0.285. The highest BCUT2D eigenvalue weighted by molar-refractivity contribution is 5.74. The molecule has 1 heterocycles. The number of amides is 2. The van der Waals surface area contributed by atoms with Gasteiger partial charge in [-0.05, 0) is 5.92 Å². The molecule has 0 spiro atoms. The number of carboxylic acids is 1. The number of nitrogens with zero attached hydrogens (tertiary/aromatic N) is 1. The second-order valence-corrected chi connectivity index (χ2v) is 4.17. The summed E-state index contributed by atoms with van der Waals surface area (Å²) in [6.07, 6.45) is 4.02. The largest absolute Gasteiger partial charge is 0.481 e. The highest BCUT2D eigenvalue weighted by atomic mass is 16.4. The SMILES string of the molecule is CC(CNC(=O)NCCc1cnc[nH]1)CC(=O)O. The van der Waals surface area contributed by atoms with Crippen molar-refractivity contribution in [2.75, 3.05) is 13.1 Å². The Kier molecular flexibility index (Phi) is 5.69. The van der Waals surface area contributed by atoms with Crippen LogP contribution in [-0.2, 0) is 11.2 Å². The van der Waals surface area contributed by atoms with Gasteiger partial charge in [-0.2, -0.15) is 0 Å². The van der Waals surface area contributed by atoms with E-state index in [9.17, 15) is 9.59 Å². The molecule has 0 aromatic carbocycles. The minimum atomic E-state index is -0.857. The van der Waals surface area contributed by atoms with E-state index >= 15 is 0 Å². The molecule has 0 fully saturated rings. The maximum atomic E-state index is 11.4. The van der Waals surface area contributed by atoms with Crippen molar-refractivity contribution in [1.82, 2.24) is 20.6 Å². The number of carbonyl (C=O) groups is 2. The molecule has 2 amide bonds. The monoisotopic (exact) mass is 254 g/mol. The van der Waals surface area contributed by atoms with Crippen LogP contribution in [0.25, 0.3) is 0 Å². The number of aliphatic carboxylic acids is 1. The Balaban J connectivity index is 2.08. The molecular weight excluding hydrogens is 236 g/mol. The number of rotatable bonds is 7. The van der Waals surface area contributed by atoms with Gasteiger partial charge in [-0.3, -0.25) is 4.79 Å². The first-order valence-corrected chi connectivity index (χ1v) is 5.78. The van der Waals surface area contributed by atoms with Gasteiger partial charge in [0.1, 0.15) is 0 Å². The Morgan fingerprint density at radius 2 is 2.28 bits per heavy atom. The molecule has 7 heteroatoms. The summed E-state index contributed by atoms with van der Waals surface area (Å²) in [5.41, 5.74) is 0.953. The molecule has 0 saturated carbocycles. The molecule has 0 radical (unpaired) electrons. The molecule has 0 aliphatic heterocycles. The number of aromatic amines is 1. The average molecular weight is 254 g/mol. The molecule has 0 saturated heterocycles. The van der Waals surface area contributed by atoms with Crippen molar-refractivity contribution in [2.24, 2.45) is 5.92 Å². The zero-order valence-electron chi connectivity index (χ0n) is 10.3. The highest BCUT2D eigenvalue weighted by Crippen LogP contribution is 1.98. The molecule has 1 atom stereocenters. The number of hydrogen-bond donors (Lipinski definition) is 4. The minimum Gasteiger partial charge on any atom is -0.481 e. The number of imidazole rings is 1. The van der Waals surface area contributed by atoms with Crippen LogP contribution in [0.5, 0.6) is 0 Å². The molecule has 18 heavy (non-hydrogen) atoms. The number of urea groups is 1. The molecular formula is C11H18N4O3. The lowest BCUT2D eigenvalue weighted by atomic mass is 10.1. The third kappa shape index (κ3) is 5.88. The van der Waals surface area contributed by atoms with Gasteiger partial charge >= 0.3 is 12.0 Å². The van der Waals surface area contributed by atoms with Crippen molar-refractivity contribution in [3.8, 4) is 0 Å². The van der Waals surface area contributed by atoms with Crippen LogP contribution in [0.4, 0.5) is 4.79 Å². The van der Waals surface area contributed by atoms with Crippen LogP contribution in [0.1, 0.15) is 19.0 Å². The van der Waals surface area contributed by atoms with E-state index < -0.39 is 5.97 Å². The molecule has 0 aliphatic rings. The predicted molar refractivity (Wildman–Crippen MR) is 65.1 cm³/mol. The Morgan fingerprint density at radius 3 is 2.89 bits per heavy atom. The van der Waals surface area contributed by atoms with Crippen molar-refractivity contribution in [1.29, 1.82) is 0 Å². The van der Waals surface area contributed by atoms with Gasteiger partial charge in [0.2, 0.25) is 0 Å². The summed E-state index contributed by atoms with van der Waals surface area (Å²) in [7, 11) is 0. The van der Waals surface area contributed by atoms with Crippen LogP contribution in [0.3, 0.4) is 0 Å². The van der Waals surface area contributed by atoms with Crippen molar-refractivity contribution >= 4 is 12.0 Å². The molecule has 7 nitrogen and oxygen atoms in total. The van der Waals surface area contributed by atoms with Gasteiger partial charge < -0.3 is 20.7 Å². The second kappa shape index (κ2) is 7.31. The fraction of sp³-hybridized carbons (Fsp3) is 0.545. The molecule has 100 valence electrons. The second-order valence-electron chi connectivity index (χ2n) is 4.17. The summed E-state index contributed by atoms with van der Waals surface area (Å²) in [4.78, 5) is 28.6. The maximum Gasteiger partial charge on any atom is 0.314 e. The Morgan fingerprint density at radius 1 is 1.50 bits per heavy atom. The Bertz CT molecular complexity index is 378. The first-order valence-electron chi connectivity index (χ1n) is 5.78. The standard InChI is InChI=1S/C11H18N4O3/c1-8(4-10(16)17)5-14-11(18)13-3-2-9-6-12-7-15-9/h6-8H,2-5H2,1H3,(H,12,15)(H,16,17)(H2,13,14,18). The van der Waals surface area contributed by atoms with E-state index in [4.69, 9.17) is 5.11 Å². The normalized spacial score (nSPS) is 11.8. The van der Waals surface area contributed by atoms with Crippen molar-refractivity contribution in [3.05, 3.63) is 18.2 Å². The molecule has 1 aromatic heterocycles. The van der Waals surface area contributed by atoms with Crippen LogP contribution < -0.4 is 10.6 Å². The lowest BCUT2D eigenvalue weighted by molar-refractivity contribution is -0.137. The number of H-pyrrole nitrogens is 1. The van der Waals surface area contributed by atoms with Gasteiger partial charge in [0.15, 0.2) is 0 Å². The van der Waals surface area contributed by atoms with Gasteiger partial charge in [-0.15, -0.1) is 0 Å². The fourth-order valence-electron chi connectivity index (χ4n) is 1.43. The minimum absolute atomic E-state index is 0.0500. The first kappa shape index (κ1) is 14.0. The molecule has 1 aromatic rings. The highest BCUT2D eigenvalue weighted by Gasteiger charge is 2.08. The van der Waals surface area contributed by atoms with E-state index in [-0.39, 0.29) is 18.4 Å². The van der Waals surface area contributed by atoms with Crippen molar-refractivity contribution < 1.29 is 14.7 Å². The third-order valence-corrected chi connectivity index (χ3v) is 2.37. The van der Waals surface area contributed by atoms with Gasteiger partial charge in [-0.25, -0.2) is 9.78 Å². The maximum absolute atomic E-state index is 11.4. The summed E-state index contributed by atoms with van der Waals surface area (Å²) in [5, 5.41) is 13.9. The molecule has 1 rings (SSSR count). The van der Waals surface area contributed by atoms with Crippen LogP contribution in [0.15, 0.2) is 12.5 Å². The summed E-state index contributed by atoms with van der Waals surface area (Å²) in [5.74, 6) is -0.940. The van der Waals surface area contributed by atoms with E-state index in [1.807, 2.05) is 0 Å². The molecule has 1 unspecified atom stereocenters. The van der Waals surface area contributed by atoms with E-state index in [2.05, 4.69) is 20.6 Å². The van der Waals surface area contributed by atoms with Crippen LogP contribution in [-0.4, -0.2) is 40.2 Å². The number of carbonyl (C=O) groups excluding carboxylic acids is 1. The summed E-state index contributed by atoms with van der Waals surface area (Å²) >= 11 is 0. The van der Waals surface area contributed by atoms with Crippen LogP contribution in [0.2, 0.25) is 0 Å². The zero-order valence-corrected chi connectivity index (χ0v) is 10.3. The number of nitrogens with one attached hydrogen (secondary N) is 3. The van der Waals surface area contributed by atoms with Crippen molar-refractivity contribution in [3.63, 3.8) is 0 Å². The van der Waals surface area contributed by atoms with Gasteiger partial charge in [0, 0.05) is 37.8 Å². The van der Waals surface area contributed by atoms with Crippen LogP contribution in [0, 0.1) is 5.92 Å². The van der Waals surface area contributed by atoms with Gasteiger partial charge in [0.05, 0.1) is 6.33 Å². The van der Waals surface area contributed by atoms with E-state index in [1.165, 1.54) is 0 Å². The lowest BCUT2D eigenvalue weighted by Gasteiger charge is -2.11. The zero-order chi connectivity index (χ0) is 13.4. The average Bonchev–Trinajstić information content (AvgIpc) is 2.78. The van der Waals surface area contributed by atoms with Gasteiger partial charge in [0.25, 0.3) is 0 Å². The number of hydrogen-bond acceptors (Lipinski definition) is 3. The Labute approximate surface area is 105 Å².